The SMILES string of the molecule is CCC([C]=O)Oc1cccc(C(F)(F)F)c1. The number of benzene rings is 1. The molecule has 1 radical (unpaired) electrons. The van der Waals surface area contributed by atoms with Gasteiger partial charge in [0.25, 0.3) is 0 Å². The van der Waals surface area contributed by atoms with E-state index in [2.05, 4.69) is 0 Å². The average molecular weight is 231 g/mol. The first-order valence-electron chi connectivity index (χ1n) is 4.69. The Bertz CT molecular complexity index is 360. The molecule has 1 aromatic rings. The van der Waals surface area contributed by atoms with Crippen molar-refractivity contribution in [1.29, 1.82) is 0 Å². The second-order valence-corrected chi connectivity index (χ2v) is 3.16. The van der Waals surface area contributed by atoms with Gasteiger partial charge in [-0.2, -0.15) is 13.2 Å². The van der Waals surface area contributed by atoms with E-state index >= 15 is 0 Å². The zero-order valence-corrected chi connectivity index (χ0v) is 8.54. The van der Waals surface area contributed by atoms with Gasteiger partial charge in [0, 0.05) is 0 Å². The van der Waals surface area contributed by atoms with Crippen molar-refractivity contribution < 1.29 is 22.7 Å². The van der Waals surface area contributed by atoms with Gasteiger partial charge in [0.15, 0.2) is 6.10 Å². The van der Waals surface area contributed by atoms with E-state index in [1.54, 1.807) is 13.2 Å². The van der Waals surface area contributed by atoms with E-state index in [-0.39, 0.29) is 5.75 Å². The predicted octanol–water partition coefficient (Wildman–Crippen LogP) is 2.97. The van der Waals surface area contributed by atoms with Gasteiger partial charge in [0.05, 0.1) is 5.56 Å². The van der Waals surface area contributed by atoms with Gasteiger partial charge in [0.2, 0.25) is 6.29 Å². The summed E-state index contributed by atoms with van der Waals surface area (Å²) in [6.45, 7) is 1.68. The van der Waals surface area contributed by atoms with Crippen LogP contribution in [0, 0.1) is 0 Å². The van der Waals surface area contributed by atoms with Crippen molar-refractivity contribution in [3.63, 3.8) is 0 Å². The minimum atomic E-state index is -4.41. The molecule has 0 fully saturated rings. The molecule has 0 heterocycles. The van der Waals surface area contributed by atoms with Crippen LogP contribution in [-0.4, -0.2) is 12.4 Å². The zero-order chi connectivity index (χ0) is 12.2. The van der Waals surface area contributed by atoms with Crippen molar-refractivity contribution in [1.82, 2.24) is 0 Å². The van der Waals surface area contributed by atoms with E-state index in [9.17, 15) is 18.0 Å². The third kappa shape index (κ3) is 3.25. The molecule has 0 spiro atoms. The number of hydrogen-bond donors (Lipinski definition) is 0. The van der Waals surface area contributed by atoms with Gasteiger partial charge < -0.3 is 4.74 Å². The van der Waals surface area contributed by atoms with Crippen molar-refractivity contribution in [2.75, 3.05) is 0 Å². The Morgan fingerprint density at radius 3 is 2.62 bits per heavy atom. The van der Waals surface area contributed by atoms with E-state index in [0.717, 1.165) is 12.1 Å². The van der Waals surface area contributed by atoms with Gasteiger partial charge >= 0.3 is 6.18 Å². The fourth-order valence-corrected chi connectivity index (χ4v) is 1.10. The maximum Gasteiger partial charge on any atom is 0.416 e. The van der Waals surface area contributed by atoms with Crippen molar-refractivity contribution in [3.05, 3.63) is 29.8 Å². The molecule has 0 saturated heterocycles. The number of halogens is 3. The van der Waals surface area contributed by atoms with Crippen LogP contribution in [0.3, 0.4) is 0 Å². The Kier molecular flexibility index (Phi) is 3.93. The zero-order valence-electron chi connectivity index (χ0n) is 8.54. The Labute approximate surface area is 91.0 Å². The summed E-state index contributed by atoms with van der Waals surface area (Å²) >= 11 is 0. The molecule has 5 heteroatoms. The van der Waals surface area contributed by atoms with Crippen molar-refractivity contribution >= 4 is 6.29 Å². The Morgan fingerprint density at radius 2 is 2.12 bits per heavy atom. The highest BCUT2D eigenvalue weighted by atomic mass is 19.4. The molecule has 1 unspecified atom stereocenters. The molecule has 0 aliphatic heterocycles. The van der Waals surface area contributed by atoms with Crippen molar-refractivity contribution in [2.24, 2.45) is 0 Å². The second-order valence-electron chi connectivity index (χ2n) is 3.16. The van der Waals surface area contributed by atoms with E-state index in [1.165, 1.54) is 12.1 Å². The topological polar surface area (TPSA) is 26.3 Å². The van der Waals surface area contributed by atoms with Crippen LogP contribution in [0.1, 0.15) is 18.9 Å². The van der Waals surface area contributed by atoms with Gasteiger partial charge in [-0.25, -0.2) is 0 Å². The summed E-state index contributed by atoms with van der Waals surface area (Å²) in [4.78, 5) is 10.4. The number of hydrogen-bond acceptors (Lipinski definition) is 2. The number of carbonyl (C=O) groups excluding carboxylic acids is 1. The molecule has 1 atom stereocenters. The summed E-state index contributed by atoms with van der Waals surface area (Å²) < 4.78 is 42.0. The molecular weight excluding hydrogens is 221 g/mol. The van der Waals surface area contributed by atoms with Crippen LogP contribution in [0.25, 0.3) is 0 Å². The van der Waals surface area contributed by atoms with Crippen LogP contribution >= 0.6 is 0 Å². The standard InChI is InChI=1S/C11H10F3O2/c1-2-9(7-15)16-10-5-3-4-8(6-10)11(12,13)14/h3-6,9H,2H2,1H3. The number of rotatable bonds is 4. The molecule has 1 rings (SSSR count). The van der Waals surface area contributed by atoms with Gasteiger partial charge in [0.1, 0.15) is 5.75 Å². The fraction of sp³-hybridized carbons (Fsp3) is 0.364. The molecular formula is C11H10F3O2. The summed E-state index contributed by atoms with van der Waals surface area (Å²) in [6, 6.07) is 4.41. The molecule has 0 bridgehead atoms. The van der Waals surface area contributed by atoms with Crippen molar-refractivity contribution in [2.45, 2.75) is 25.6 Å². The summed E-state index contributed by atoms with van der Waals surface area (Å²) in [6.07, 6.45) is -3.28. The third-order valence-electron chi connectivity index (χ3n) is 1.94. The summed E-state index contributed by atoms with van der Waals surface area (Å²) in [5.74, 6) is 0.0185. The predicted molar refractivity (Wildman–Crippen MR) is 51.8 cm³/mol. The highest BCUT2D eigenvalue weighted by Crippen LogP contribution is 2.31. The molecule has 2 nitrogen and oxygen atoms in total. The molecule has 0 amide bonds. The Hall–Kier alpha value is -1.52. The molecule has 16 heavy (non-hydrogen) atoms. The largest absolute Gasteiger partial charge is 0.482 e. The lowest BCUT2D eigenvalue weighted by atomic mass is 10.2. The van der Waals surface area contributed by atoms with Crippen LogP contribution in [0.4, 0.5) is 13.2 Å². The summed E-state index contributed by atoms with van der Waals surface area (Å²) in [7, 11) is 0. The minimum absolute atomic E-state index is 0.0185. The lowest BCUT2D eigenvalue weighted by Gasteiger charge is -2.12. The highest BCUT2D eigenvalue weighted by molar-refractivity contribution is 5.57. The van der Waals surface area contributed by atoms with Gasteiger partial charge in [-0.05, 0) is 24.6 Å². The maximum absolute atomic E-state index is 12.3. The highest BCUT2D eigenvalue weighted by Gasteiger charge is 2.30. The maximum atomic E-state index is 12.3. The fourth-order valence-electron chi connectivity index (χ4n) is 1.10. The quantitative estimate of drug-likeness (QED) is 0.796. The first kappa shape index (κ1) is 12.5. The Balaban J connectivity index is 2.86. The summed E-state index contributed by atoms with van der Waals surface area (Å²) in [5, 5.41) is 0. The molecule has 0 aliphatic rings. The monoisotopic (exact) mass is 231 g/mol. The van der Waals surface area contributed by atoms with Crippen LogP contribution < -0.4 is 4.74 Å². The van der Waals surface area contributed by atoms with Gasteiger partial charge in [-0.1, -0.05) is 13.0 Å². The molecule has 0 N–H and O–H groups in total. The first-order chi connectivity index (χ1) is 7.47. The van der Waals surface area contributed by atoms with E-state index in [4.69, 9.17) is 4.74 Å². The molecule has 1 aromatic carbocycles. The molecule has 87 valence electrons. The van der Waals surface area contributed by atoms with Crippen LogP contribution in [0.5, 0.6) is 5.75 Å². The van der Waals surface area contributed by atoms with Crippen LogP contribution in [0.2, 0.25) is 0 Å². The van der Waals surface area contributed by atoms with E-state index in [1.807, 2.05) is 0 Å². The summed E-state index contributed by atoms with van der Waals surface area (Å²) in [5.41, 5.74) is -0.800. The molecule has 0 aliphatic carbocycles. The normalized spacial score (nSPS) is 13.2. The number of alkyl halides is 3. The Morgan fingerprint density at radius 1 is 1.44 bits per heavy atom. The molecule has 0 aromatic heterocycles. The molecule has 0 saturated carbocycles. The first-order valence-corrected chi connectivity index (χ1v) is 4.69. The minimum Gasteiger partial charge on any atom is -0.482 e. The van der Waals surface area contributed by atoms with Crippen LogP contribution in [0.15, 0.2) is 24.3 Å². The van der Waals surface area contributed by atoms with Gasteiger partial charge in [-0.3, -0.25) is 4.79 Å². The smallest absolute Gasteiger partial charge is 0.416 e. The number of ether oxygens (including phenoxy) is 1. The second kappa shape index (κ2) is 5.01. The van der Waals surface area contributed by atoms with Crippen molar-refractivity contribution in [3.8, 4) is 5.75 Å². The van der Waals surface area contributed by atoms with Crippen LogP contribution in [-0.2, 0) is 11.0 Å². The average Bonchev–Trinajstić information content (AvgIpc) is 2.25. The lowest BCUT2D eigenvalue weighted by Crippen LogP contribution is -2.17. The van der Waals surface area contributed by atoms with E-state index in [0.29, 0.717) is 6.42 Å². The van der Waals surface area contributed by atoms with E-state index < -0.39 is 17.8 Å². The van der Waals surface area contributed by atoms with Gasteiger partial charge in [-0.15, -0.1) is 0 Å². The lowest BCUT2D eigenvalue weighted by molar-refractivity contribution is -0.137. The third-order valence-corrected chi connectivity index (χ3v) is 1.94.